The molecule has 0 spiro atoms. The van der Waals surface area contributed by atoms with Crippen molar-refractivity contribution < 1.29 is 9.50 Å². The van der Waals surface area contributed by atoms with Gasteiger partial charge in [0.25, 0.3) is 0 Å². The molecule has 78 valence electrons. The summed E-state index contributed by atoms with van der Waals surface area (Å²) in [5, 5.41) is 12.5. The Balaban J connectivity index is 2.41. The maximum absolute atomic E-state index is 13.0. The molecule has 0 aliphatic carbocycles. The normalized spacial score (nSPS) is 12.7. The van der Waals surface area contributed by atoms with Gasteiger partial charge in [0.05, 0.1) is 0 Å². The Morgan fingerprint density at radius 2 is 2.27 bits per heavy atom. The first-order valence-corrected chi connectivity index (χ1v) is 5.46. The van der Waals surface area contributed by atoms with Gasteiger partial charge in [-0.3, -0.25) is 0 Å². The van der Waals surface area contributed by atoms with Crippen molar-refractivity contribution in [3.05, 3.63) is 51.2 Å². The first-order chi connectivity index (χ1) is 7.18. The van der Waals surface area contributed by atoms with E-state index in [1.807, 2.05) is 0 Å². The molecule has 1 unspecified atom stereocenters. The summed E-state index contributed by atoms with van der Waals surface area (Å²) in [7, 11) is 0. The van der Waals surface area contributed by atoms with Gasteiger partial charge in [-0.2, -0.15) is 0 Å². The second-order valence-corrected chi connectivity index (χ2v) is 4.27. The Bertz CT molecular complexity index is 460. The molecular weight excluding hydrogens is 237 g/mol. The highest BCUT2D eigenvalue weighted by Crippen LogP contribution is 2.29. The molecule has 0 aliphatic heterocycles. The lowest BCUT2D eigenvalue weighted by atomic mass is 10.1. The molecule has 0 saturated heterocycles. The van der Waals surface area contributed by atoms with Crippen LogP contribution in [0.2, 0.25) is 5.02 Å². The molecule has 1 heterocycles. The Labute approximate surface area is 95.0 Å². The minimum absolute atomic E-state index is 0.333. The van der Waals surface area contributed by atoms with Gasteiger partial charge in [-0.25, -0.2) is 9.37 Å². The fourth-order valence-corrected chi connectivity index (χ4v) is 2.09. The van der Waals surface area contributed by atoms with Crippen LogP contribution >= 0.6 is 22.9 Å². The number of aromatic nitrogens is 1. The van der Waals surface area contributed by atoms with Gasteiger partial charge in [0.15, 0.2) is 0 Å². The van der Waals surface area contributed by atoms with E-state index in [1.54, 1.807) is 11.6 Å². The molecule has 1 atom stereocenters. The Morgan fingerprint density at radius 3 is 2.93 bits per heavy atom. The standard InChI is InChI=1S/C10H7ClFNOS/c11-8-2-1-6(12)5-7(8)9(14)10-13-3-4-15-10/h1-5,9,14H. The van der Waals surface area contributed by atoms with E-state index in [1.165, 1.54) is 29.5 Å². The van der Waals surface area contributed by atoms with E-state index in [2.05, 4.69) is 4.98 Å². The third kappa shape index (κ3) is 2.17. The number of hydrogen-bond acceptors (Lipinski definition) is 3. The van der Waals surface area contributed by atoms with Crippen LogP contribution in [0, 0.1) is 5.82 Å². The zero-order valence-electron chi connectivity index (χ0n) is 7.52. The molecule has 0 amide bonds. The third-order valence-electron chi connectivity index (χ3n) is 1.94. The SMILES string of the molecule is OC(c1nccs1)c1cc(F)ccc1Cl. The summed E-state index contributed by atoms with van der Waals surface area (Å²) < 4.78 is 13.0. The van der Waals surface area contributed by atoms with Gasteiger partial charge < -0.3 is 5.11 Å². The lowest BCUT2D eigenvalue weighted by molar-refractivity contribution is 0.219. The topological polar surface area (TPSA) is 33.1 Å². The zero-order chi connectivity index (χ0) is 10.8. The van der Waals surface area contributed by atoms with E-state index in [0.717, 1.165) is 0 Å². The lowest BCUT2D eigenvalue weighted by Gasteiger charge is -2.09. The quantitative estimate of drug-likeness (QED) is 0.880. The largest absolute Gasteiger partial charge is 0.381 e. The molecule has 0 fully saturated rings. The highest BCUT2D eigenvalue weighted by molar-refractivity contribution is 7.09. The second kappa shape index (κ2) is 4.26. The molecule has 1 aromatic heterocycles. The van der Waals surface area contributed by atoms with Crippen LogP contribution in [0.1, 0.15) is 16.7 Å². The summed E-state index contributed by atoms with van der Waals surface area (Å²) in [5.74, 6) is -0.426. The molecule has 15 heavy (non-hydrogen) atoms. The fraction of sp³-hybridized carbons (Fsp3) is 0.100. The van der Waals surface area contributed by atoms with Crippen molar-refractivity contribution in [3.8, 4) is 0 Å². The van der Waals surface area contributed by atoms with E-state index < -0.39 is 11.9 Å². The third-order valence-corrected chi connectivity index (χ3v) is 3.11. The van der Waals surface area contributed by atoms with Crippen molar-refractivity contribution >= 4 is 22.9 Å². The number of nitrogens with zero attached hydrogens (tertiary/aromatic N) is 1. The van der Waals surface area contributed by atoms with Crippen LogP contribution in [0.15, 0.2) is 29.8 Å². The zero-order valence-corrected chi connectivity index (χ0v) is 9.10. The van der Waals surface area contributed by atoms with E-state index in [4.69, 9.17) is 11.6 Å². The van der Waals surface area contributed by atoms with Crippen molar-refractivity contribution in [2.45, 2.75) is 6.10 Å². The number of rotatable bonds is 2. The van der Waals surface area contributed by atoms with Crippen LogP contribution in [-0.4, -0.2) is 10.1 Å². The summed E-state index contributed by atoms with van der Waals surface area (Å²) in [6.45, 7) is 0. The fourth-order valence-electron chi connectivity index (χ4n) is 1.23. The van der Waals surface area contributed by atoms with Crippen LogP contribution in [0.3, 0.4) is 0 Å². The van der Waals surface area contributed by atoms with Crippen molar-refractivity contribution in [3.63, 3.8) is 0 Å². The lowest BCUT2D eigenvalue weighted by Crippen LogP contribution is -2.00. The van der Waals surface area contributed by atoms with Crippen LogP contribution in [-0.2, 0) is 0 Å². The number of aliphatic hydroxyl groups excluding tert-OH is 1. The summed E-state index contributed by atoms with van der Waals surface area (Å²) in [6.07, 6.45) is 0.615. The Hall–Kier alpha value is -0.970. The first-order valence-electron chi connectivity index (χ1n) is 4.21. The highest BCUT2D eigenvalue weighted by Gasteiger charge is 2.16. The Morgan fingerprint density at radius 1 is 1.47 bits per heavy atom. The van der Waals surface area contributed by atoms with Crippen molar-refractivity contribution in [2.24, 2.45) is 0 Å². The van der Waals surface area contributed by atoms with Crippen LogP contribution in [0.25, 0.3) is 0 Å². The number of hydrogen-bond donors (Lipinski definition) is 1. The van der Waals surface area contributed by atoms with Gasteiger partial charge in [-0.05, 0) is 18.2 Å². The highest BCUT2D eigenvalue weighted by atomic mass is 35.5. The van der Waals surface area contributed by atoms with Gasteiger partial charge >= 0.3 is 0 Å². The molecule has 0 radical (unpaired) electrons. The molecule has 2 nitrogen and oxygen atoms in total. The maximum atomic E-state index is 13.0. The average molecular weight is 244 g/mol. The van der Waals surface area contributed by atoms with E-state index in [-0.39, 0.29) is 0 Å². The smallest absolute Gasteiger partial charge is 0.132 e. The summed E-state index contributed by atoms with van der Waals surface area (Å²) in [4.78, 5) is 3.95. The van der Waals surface area contributed by atoms with E-state index >= 15 is 0 Å². The minimum atomic E-state index is -0.965. The van der Waals surface area contributed by atoms with Crippen LogP contribution in [0.5, 0.6) is 0 Å². The monoisotopic (exact) mass is 243 g/mol. The van der Waals surface area contributed by atoms with Gasteiger partial charge in [0, 0.05) is 22.2 Å². The molecule has 0 aliphatic rings. The number of thiazole rings is 1. The number of aliphatic hydroxyl groups is 1. The number of benzene rings is 1. The maximum Gasteiger partial charge on any atom is 0.132 e. The van der Waals surface area contributed by atoms with Gasteiger partial charge in [-0.1, -0.05) is 11.6 Å². The molecule has 1 N–H and O–H groups in total. The average Bonchev–Trinajstić information content (AvgIpc) is 2.74. The minimum Gasteiger partial charge on any atom is -0.381 e. The molecule has 5 heteroatoms. The van der Waals surface area contributed by atoms with Crippen molar-refractivity contribution in [1.29, 1.82) is 0 Å². The molecule has 2 aromatic rings. The molecule has 0 bridgehead atoms. The number of halogens is 2. The predicted molar refractivity (Wildman–Crippen MR) is 57.6 cm³/mol. The molecule has 2 rings (SSSR count). The van der Waals surface area contributed by atoms with Crippen LogP contribution < -0.4 is 0 Å². The van der Waals surface area contributed by atoms with Crippen molar-refractivity contribution in [1.82, 2.24) is 4.98 Å². The summed E-state index contributed by atoms with van der Waals surface area (Å²) >= 11 is 7.16. The predicted octanol–water partition coefficient (Wildman–Crippen LogP) is 3.02. The second-order valence-electron chi connectivity index (χ2n) is 2.94. The molecular formula is C10H7ClFNOS. The molecule has 1 aromatic carbocycles. The Kier molecular flexibility index (Phi) is 3.00. The summed E-state index contributed by atoms with van der Waals surface area (Å²) in [6, 6.07) is 3.89. The van der Waals surface area contributed by atoms with Gasteiger partial charge in [0.1, 0.15) is 16.9 Å². The van der Waals surface area contributed by atoms with E-state index in [0.29, 0.717) is 15.6 Å². The van der Waals surface area contributed by atoms with Crippen molar-refractivity contribution in [2.75, 3.05) is 0 Å². The first kappa shape index (κ1) is 10.5. The van der Waals surface area contributed by atoms with E-state index in [9.17, 15) is 9.50 Å². The molecule has 0 saturated carbocycles. The summed E-state index contributed by atoms with van der Waals surface area (Å²) in [5.41, 5.74) is 0.339. The van der Waals surface area contributed by atoms with Gasteiger partial charge in [0.2, 0.25) is 0 Å². The van der Waals surface area contributed by atoms with Gasteiger partial charge in [-0.15, -0.1) is 11.3 Å². The van der Waals surface area contributed by atoms with Crippen LogP contribution in [0.4, 0.5) is 4.39 Å².